The molecule has 3 heteroatoms. The van der Waals surface area contributed by atoms with Crippen molar-refractivity contribution in [2.24, 2.45) is 0 Å². The third kappa shape index (κ3) is 4.07. The fourth-order valence-electron chi connectivity index (χ4n) is 2.78. The Labute approximate surface area is 121 Å². The highest BCUT2D eigenvalue weighted by molar-refractivity contribution is 5.76. The van der Waals surface area contributed by atoms with Gasteiger partial charge in [-0.2, -0.15) is 0 Å². The van der Waals surface area contributed by atoms with Gasteiger partial charge in [-0.05, 0) is 43.7 Å². The summed E-state index contributed by atoms with van der Waals surface area (Å²) < 4.78 is 0. The van der Waals surface area contributed by atoms with Gasteiger partial charge in [-0.3, -0.25) is 4.79 Å². The summed E-state index contributed by atoms with van der Waals surface area (Å²) in [6.45, 7) is 5.21. The molecule has 1 heterocycles. The van der Waals surface area contributed by atoms with Gasteiger partial charge in [0, 0.05) is 19.5 Å². The molecule has 2 rings (SSSR count). The van der Waals surface area contributed by atoms with E-state index in [0.717, 1.165) is 32.2 Å². The van der Waals surface area contributed by atoms with Crippen molar-refractivity contribution in [3.05, 3.63) is 35.4 Å². The van der Waals surface area contributed by atoms with Crippen molar-refractivity contribution < 1.29 is 9.90 Å². The molecule has 0 aliphatic carbocycles. The van der Waals surface area contributed by atoms with E-state index in [4.69, 9.17) is 0 Å². The smallest absolute Gasteiger partial charge is 0.222 e. The lowest BCUT2D eigenvalue weighted by molar-refractivity contribution is -0.137. The minimum absolute atomic E-state index is 0.157. The van der Waals surface area contributed by atoms with Gasteiger partial charge in [0.2, 0.25) is 5.91 Å². The van der Waals surface area contributed by atoms with E-state index in [-0.39, 0.29) is 5.91 Å². The topological polar surface area (TPSA) is 40.5 Å². The summed E-state index contributed by atoms with van der Waals surface area (Å²) in [5.41, 5.74) is 1.82. The molecule has 3 nitrogen and oxygen atoms in total. The number of hydrogen-bond acceptors (Lipinski definition) is 2. The second kappa shape index (κ2) is 6.40. The fourth-order valence-corrected chi connectivity index (χ4v) is 2.78. The van der Waals surface area contributed by atoms with Crippen LogP contribution >= 0.6 is 0 Å². The normalized spacial score (nSPS) is 22.9. The molecule has 1 amide bonds. The van der Waals surface area contributed by atoms with Gasteiger partial charge < -0.3 is 10.0 Å². The molecule has 110 valence electrons. The van der Waals surface area contributed by atoms with Crippen LogP contribution < -0.4 is 0 Å². The molecule has 1 saturated heterocycles. The van der Waals surface area contributed by atoms with E-state index in [1.54, 1.807) is 0 Å². The number of likely N-dealkylation sites (tertiary alicyclic amines) is 1. The van der Waals surface area contributed by atoms with E-state index in [2.05, 4.69) is 31.2 Å². The van der Waals surface area contributed by atoms with Crippen LogP contribution in [-0.2, 0) is 17.6 Å². The van der Waals surface area contributed by atoms with E-state index in [1.807, 2.05) is 11.8 Å². The van der Waals surface area contributed by atoms with Crippen molar-refractivity contribution in [2.45, 2.75) is 51.6 Å². The highest BCUT2D eigenvalue weighted by Gasteiger charge is 2.30. The van der Waals surface area contributed by atoms with Gasteiger partial charge in [-0.25, -0.2) is 0 Å². The Morgan fingerprint density at radius 2 is 1.95 bits per heavy atom. The molecule has 1 unspecified atom stereocenters. The number of hydrogen-bond donors (Lipinski definition) is 1. The molecule has 0 saturated carbocycles. The van der Waals surface area contributed by atoms with E-state index >= 15 is 0 Å². The predicted molar refractivity (Wildman–Crippen MR) is 80.6 cm³/mol. The SMILES string of the molecule is CCc1ccc(CCC(=O)N2CCCC(C)(O)C2)cc1. The highest BCUT2D eigenvalue weighted by atomic mass is 16.3. The second-order valence-electron chi connectivity index (χ2n) is 6.09. The van der Waals surface area contributed by atoms with Crippen LogP contribution in [0.2, 0.25) is 0 Å². The average molecular weight is 275 g/mol. The Bertz CT molecular complexity index is 451. The molecule has 1 aromatic rings. The number of carbonyl (C=O) groups excluding carboxylic acids is 1. The molecule has 1 fully saturated rings. The summed E-state index contributed by atoms with van der Waals surface area (Å²) in [4.78, 5) is 14.0. The number of aliphatic hydroxyl groups is 1. The Morgan fingerprint density at radius 1 is 1.30 bits per heavy atom. The van der Waals surface area contributed by atoms with Gasteiger partial charge in [0.1, 0.15) is 0 Å². The number of benzene rings is 1. The van der Waals surface area contributed by atoms with Crippen LogP contribution in [0.25, 0.3) is 0 Å². The lowest BCUT2D eigenvalue weighted by Gasteiger charge is -2.36. The molecule has 1 aromatic carbocycles. The first-order valence-electron chi connectivity index (χ1n) is 7.58. The second-order valence-corrected chi connectivity index (χ2v) is 6.09. The van der Waals surface area contributed by atoms with Crippen LogP contribution in [0, 0.1) is 0 Å². The first-order valence-corrected chi connectivity index (χ1v) is 7.58. The first-order chi connectivity index (χ1) is 9.50. The van der Waals surface area contributed by atoms with E-state index in [1.165, 1.54) is 11.1 Å². The average Bonchev–Trinajstić information content (AvgIpc) is 2.44. The number of nitrogens with zero attached hydrogens (tertiary/aromatic N) is 1. The van der Waals surface area contributed by atoms with E-state index < -0.39 is 5.60 Å². The molecule has 20 heavy (non-hydrogen) atoms. The monoisotopic (exact) mass is 275 g/mol. The van der Waals surface area contributed by atoms with Crippen LogP contribution in [0.15, 0.2) is 24.3 Å². The number of aryl methyl sites for hydroxylation is 2. The third-order valence-corrected chi connectivity index (χ3v) is 4.09. The molecular formula is C17H25NO2. The number of piperidine rings is 1. The van der Waals surface area contributed by atoms with Crippen LogP contribution in [-0.4, -0.2) is 34.6 Å². The van der Waals surface area contributed by atoms with Gasteiger partial charge in [0.15, 0.2) is 0 Å². The van der Waals surface area contributed by atoms with Crippen molar-refractivity contribution >= 4 is 5.91 Å². The van der Waals surface area contributed by atoms with Gasteiger partial charge in [0.05, 0.1) is 5.60 Å². The molecule has 1 atom stereocenters. The lowest BCUT2D eigenvalue weighted by Crippen LogP contribution is -2.48. The summed E-state index contributed by atoms with van der Waals surface area (Å²) >= 11 is 0. The summed E-state index contributed by atoms with van der Waals surface area (Å²) in [5, 5.41) is 10.0. The molecule has 1 aliphatic rings. The summed E-state index contributed by atoms with van der Waals surface area (Å²) in [6, 6.07) is 8.48. The predicted octanol–water partition coefficient (Wildman–Crippen LogP) is 2.56. The van der Waals surface area contributed by atoms with Crippen molar-refractivity contribution in [3.63, 3.8) is 0 Å². The molecule has 0 radical (unpaired) electrons. The quantitative estimate of drug-likeness (QED) is 0.917. The zero-order valence-electron chi connectivity index (χ0n) is 12.6. The Hall–Kier alpha value is -1.35. The van der Waals surface area contributed by atoms with E-state index in [9.17, 15) is 9.90 Å². The van der Waals surface area contributed by atoms with Crippen LogP contribution in [0.3, 0.4) is 0 Å². The maximum absolute atomic E-state index is 12.2. The highest BCUT2D eigenvalue weighted by Crippen LogP contribution is 2.21. The number of amides is 1. The van der Waals surface area contributed by atoms with Gasteiger partial charge >= 0.3 is 0 Å². The maximum Gasteiger partial charge on any atom is 0.222 e. The molecule has 1 aliphatic heterocycles. The summed E-state index contributed by atoms with van der Waals surface area (Å²) in [6.07, 6.45) is 4.03. The van der Waals surface area contributed by atoms with Crippen molar-refractivity contribution in [1.82, 2.24) is 4.90 Å². The number of β-amino-alcohol motifs (C(OH)–C–C–N with tert-alkyl or cyclic N) is 1. The third-order valence-electron chi connectivity index (χ3n) is 4.09. The van der Waals surface area contributed by atoms with Crippen molar-refractivity contribution in [3.8, 4) is 0 Å². The molecule has 0 aromatic heterocycles. The van der Waals surface area contributed by atoms with E-state index in [0.29, 0.717) is 13.0 Å². The largest absolute Gasteiger partial charge is 0.388 e. The van der Waals surface area contributed by atoms with Crippen LogP contribution in [0.1, 0.15) is 44.2 Å². The van der Waals surface area contributed by atoms with Gasteiger partial charge in [-0.1, -0.05) is 31.2 Å². The minimum atomic E-state index is -0.712. The Kier molecular flexibility index (Phi) is 4.81. The standard InChI is InChI=1S/C17H25NO2/c1-3-14-5-7-15(8-6-14)9-10-16(19)18-12-4-11-17(2,20)13-18/h5-8,20H,3-4,9-13H2,1-2H3. The Morgan fingerprint density at radius 3 is 2.55 bits per heavy atom. The van der Waals surface area contributed by atoms with Gasteiger partial charge in [-0.15, -0.1) is 0 Å². The van der Waals surface area contributed by atoms with Crippen LogP contribution in [0.5, 0.6) is 0 Å². The fraction of sp³-hybridized carbons (Fsp3) is 0.588. The lowest BCUT2D eigenvalue weighted by atomic mass is 9.95. The minimum Gasteiger partial charge on any atom is -0.388 e. The zero-order valence-corrected chi connectivity index (χ0v) is 12.6. The van der Waals surface area contributed by atoms with Crippen molar-refractivity contribution in [1.29, 1.82) is 0 Å². The summed E-state index contributed by atoms with van der Waals surface area (Å²) in [7, 11) is 0. The molecule has 0 spiro atoms. The van der Waals surface area contributed by atoms with Crippen LogP contribution in [0.4, 0.5) is 0 Å². The number of rotatable bonds is 4. The zero-order chi connectivity index (χ0) is 14.6. The molecule has 0 bridgehead atoms. The van der Waals surface area contributed by atoms with Gasteiger partial charge in [0.25, 0.3) is 0 Å². The summed E-state index contributed by atoms with van der Waals surface area (Å²) in [5.74, 6) is 0.157. The molecule has 1 N–H and O–H groups in total. The Balaban J connectivity index is 1.85. The van der Waals surface area contributed by atoms with Crippen molar-refractivity contribution in [2.75, 3.05) is 13.1 Å². The number of carbonyl (C=O) groups is 1. The molecular weight excluding hydrogens is 250 g/mol. The first kappa shape index (κ1) is 15.0. The maximum atomic E-state index is 12.2.